The van der Waals surface area contributed by atoms with Gasteiger partial charge in [-0.25, -0.2) is 0 Å². The Morgan fingerprint density at radius 2 is 1.81 bits per heavy atom. The molecule has 0 aromatic carbocycles. The molecule has 2 nitrogen and oxygen atoms in total. The maximum atomic E-state index is 5.75. The lowest BCUT2D eigenvalue weighted by Crippen LogP contribution is -2.34. The predicted octanol–water partition coefficient (Wildman–Crippen LogP) is 3.63. The standard InChI is InChI=1S/C14H27NO/c1-2-3-4-5-6-7-10-13-16-14-11-8-9-12-15-14/h8-9,14-15H,2-7,10-13H2,1H3. The summed E-state index contributed by atoms with van der Waals surface area (Å²) in [6.07, 6.45) is 15.1. The van der Waals surface area contributed by atoms with E-state index in [4.69, 9.17) is 4.74 Å². The van der Waals surface area contributed by atoms with Crippen molar-refractivity contribution in [3.05, 3.63) is 12.2 Å². The van der Waals surface area contributed by atoms with Gasteiger partial charge in [-0.2, -0.15) is 0 Å². The first-order valence-electron chi connectivity index (χ1n) is 6.93. The van der Waals surface area contributed by atoms with E-state index < -0.39 is 0 Å². The summed E-state index contributed by atoms with van der Waals surface area (Å²) in [4.78, 5) is 0. The molecule has 94 valence electrons. The van der Waals surface area contributed by atoms with Crippen molar-refractivity contribution in [1.29, 1.82) is 0 Å². The minimum atomic E-state index is 0.269. The largest absolute Gasteiger partial charge is 0.363 e. The molecule has 0 saturated heterocycles. The summed E-state index contributed by atoms with van der Waals surface area (Å²) in [7, 11) is 0. The van der Waals surface area contributed by atoms with Crippen molar-refractivity contribution >= 4 is 0 Å². The van der Waals surface area contributed by atoms with Gasteiger partial charge in [-0.3, -0.25) is 5.32 Å². The first kappa shape index (κ1) is 13.7. The van der Waals surface area contributed by atoms with E-state index in [9.17, 15) is 0 Å². The van der Waals surface area contributed by atoms with E-state index in [2.05, 4.69) is 24.4 Å². The first-order valence-corrected chi connectivity index (χ1v) is 6.93. The van der Waals surface area contributed by atoms with Crippen molar-refractivity contribution in [1.82, 2.24) is 5.32 Å². The van der Waals surface area contributed by atoms with Crippen molar-refractivity contribution in [2.45, 2.75) is 64.5 Å². The summed E-state index contributed by atoms with van der Waals surface area (Å²) in [5.74, 6) is 0. The molecule has 0 spiro atoms. The van der Waals surface area contributed by atoms with Crippen LogP contribution in [0.4, 0.5) is 0 Å². The highest BCUT2D eigenvalue weighted by molar-refractivity contribution is 4.91. The van der Waals surface area contributed by atoms with Crippen LogP contribution in [-0.4, -0.2) is 19.4 Å². The van der Waals surface area contributed by atoms with Gasteiger partial charge < -0.3 is 4.74 Å². The van der Waals surface area contributed by atoms with E-state index in [0.717, 1.165) is 19.6 Å². The lowest BCUT2D eigenvalue weighted by atomic mass is 10.1. The molecular weight excluding hydrogens is 198 g/mol. The second-order valence-corrected chi connectivity index (χ2v) is 4.60. The van der Waals surface area contributed by atoms with Crippen molar-refractivity contribution in [2.24, 2.45) is 0 Å². The van der Waals surface area contributed by atoms with E-state index in [0.29, 0.717) is 0 Å². The second kappa shape index (κ2) is 9.86. The van der Waals surface area contributed by atoms with Crippen molar-refractivity contribution in [3.63, 3.8) is 0 Å². The van der Waals surface area contributed by atoms with Crippen LogP contribution in [0.5, 0.6) is 0 Å². The van der Waals surface area contributed by atoms with Crippen molar-refractivity contribution in [3.8, 4) is 0 Å². The average Bonchev–Trinajstić information content (AvgIpc) is 2.34. The fraction of sp³-hybridized carbons (Fsp3) is 0.857. The summed E-state index contributed by atoms with van der Waals surface area (Å²) in [5, 5.41) is 3.33. The summed E-state index contributed by atoms with van der Waals surface area (Å²) < 4.78 is 5.75. The summed E-state index contributed by atoms with van der Waals surface area (Å²) in [6, 6.07) is 0. The minimum absolute atomic E-state index is 0.269. The topological polar surface area (TPSA) is 21.3 Å². The number of nitrogens with one attached hydrogen (secondary N) is 1. The normalized spacial score (nSPS) is 20.2. The number of ether oxygens (including phenoxy) is 1. The molecule has 1 N–H and O–H groups in total. The van der Waals surface area contributed by atoms with Gasteiger partial charge in [0.2, 0.25) is 0 Å². The molecule has 2 heteroatoms. The van der Waals surface area contributed by atoms with Crippen molar-refractivity contribution < 1.29 is 4.74 Å². The highest BCUT2D eigenvalue weighted by Crippen LogP contribution is 2.08. The predicted molar refractivity (Wildman–Crippen MR) is 69.5 cm³/mol. The van der Waals surface area contributed by atoms with E-state index >= 15 is 0 Å². The Bertz CT molecular complexity index is 180. The Hall–Kier alpha value is -0.340. The number of unbranched alkanes of at least 4 members (excludes halogenated alkanes) is 6. The van der Waals surface area contributed by atoms with Crippen LogP contribution in [0, 0.1) is 0 Å². The molecule has 0 aromatic heterocycles. The molecule has 1 aliphatic rings. The SMILES string of the molecule is CCCCCCCCCOC1CC=CCN1. The molecule has 1 unspecified atom stereocenters. The van der Waals surface area contributed by atoms with Gasteiger partial charge in [0, 0.05) is 19.6 Å². The van der Waals surface area contributed by atoms with E-state index in [1.54, 1.807) is 0 Å². The molecule has 0 amide bonds. The third-order valence-corrected chi connectivity index (χ3v) is 3.05. The molecule has 0 fully saturated rings. The molecule has 0 aromatic rings. The molecule has 1 atom stereocenters. The minimum Gasteiger partial charge on any atom is -0.363 e. The van der Waals surface area contributed by atoms with Gasteiger partial charge in [0.15, 0.2) is 0 Å². The van der Waals surface area contributed by atoms with Gasteiger partial charge in [-0.15, -0.1) is 0 Å². The third-order valence-electron chi connectivity index (χ3n) is 3.05. The van der Waals surface area contributed by atoms with Crippen LogP contribution in [0.2, 0.25) is 0 Å². The molecule has 1 aliphatic heterocycles. The Kier molecular flexibility index (Phi) is 8.45. The van der Waals surface area contributed by atoms with Crippen LogP contribution in [0.15, 0.2) is 12.2 Å². The maximum absolute atomic E-state index is 5.75. The molecule has 16 heavy (non-hydrogen) atoms. The molecule has 0 aliphatic carbocycles. The second-order valence-electron chi connectivity index (χ2n) is 4.60. The highest BCUT2D eigenvalue weighted by Gasteiger charge is 2.07. The van der Waals surface area contributed by atoms with Gasteiger partial charge in [0.25, 0.3) is 0 Å². The Morgan fingerprint density at radius 1 is 1.06 bits per heavy atom. The van der Waals surface area contributed by atoms with Crippen LogP contribution in [0.1, 0.15) is 58.3 Å². The Balaban J connectivity index is 1.79. The maximum Gasteiger partial charge on any atom is 0.111 e. The lowest BCUT2D eigenvalue weighted by molar-refractivity contribution is 0.0293. The van der Waals surface area contributed by atoms with Crippen LogP contribution in [0.3, 0.4) is 0 Å². The molecular formula is C14H27NO. The molecule has 1 rings (SSSR count). The van der Waals surface area contributed by atoms with Crippen LogP contribution < -0.4 is 5.32 Å². The molecule has 0 radical (unpaired) electrons. The molecule has 0 bridgehead atoms. The summed E-state index contributed by atoms with van der Waals surface area (Å²) >= 11 is 0. The van der Waals surface area contributed by atoms with Gasteiger partial charge in [-0.05, 0) is 6.42 Å². The smallest absolute Gasteiger partial charge is 0.111 e. The molecule has 0 saturated carbocycles. The summed E-state index contributed by atoms with van der Waals surface area (Å²) in [5.41, 5.74) is 0. The monoisotopic (exact) mass is 225 g/mol. The van der Waals surface area contributed by atoms with Crippen LogP contribution >= 0.6 is 0 Å². The molecule has 1 heterocycles. The number of rotatable bonds is 9. The average molecular weight is 225 g/mol. The Labute approximate surface area is 100 Å². The fourth-order valence-corrected chi connectivity index (χ4v) is 2.00. The number of hydrogen-bond donors (Lipinski definition) is 1. The van der Waals surface area contributed by atoms with E-state index in [1.165, 1.54) is 44.9 Å². The first-order chi connectivity index (χ1) is 7.93. The van der Waals surface area contributed by atoms with Gasteiger partial charge in [0.05, 0.1) is 0 Å². The van der Waals surface area contributed by atoms with Crippen molar-refractivity contribution in [2.75, 3.05) is 13.2 Å². The highest BCUT2D eigenvalue weighted by atomic mass is 16.5. The zero-order valence-electron chi connectivity index (χ0n) is 10.7. The third kappa shape index (κ3) is 7.02. The van der Waals surface area contributed by atoms with E-state index in [1.807, 2.05) is 0 Å². The summed E-state index contributed by atoms with van der Waals surface area (Å²) in [6.45, 7) is 4.14. The van der Waals surface area contributed by atoms with Crippen LogP contribution in [0.25, 0.3) is 0 Å². The van der Waals surface area contributed by atoms with Gasteiger partial charge >= 0.3 is 0 Å². The van der Waals surface area contributed by atoms with Gasteiger partial charge in [0.1, 0.15) is 6.23 Å². The number of hydrogen-bond acceptors (Lipinski definition) is 2. The zero-order valence-corrected chi connectivity index (χ0v) is 10.7. The van der Waals surface area contributed by atoms with Crippen LogP contribution in [-0.2, 0) is 4.74 Å². The fourth-order valence-electron chi connectivity index (χ4n) is 2.00. The quantitative estimate of drug-likeness (QED) is 0.478. The van der Waals surface area contributed by atoms with Gasteiger partial charge in [-0.1, -0.05) is 57.6 Å². The Morgan fingerprint density at radius 3 is 2.50 bits per heavy atom. The lowest BCUT2D eigenvalue weighted by Gasteiger charge is -2.20. The van der Waals surface area contributed by atoms with E-state index in [-0.39, 0.29) is 6.23 Å². The zero-order chi connectivity index (χ0) is 11.5.